The molecule has 1 rings (SSSR count). The molecule has 0 saturated heterocycles. The van der Waals surface area contributed by atoms with E-state index in [1.165, 1.54) is 14.0 Å². The number of carboxylic acid groups (broad SMARTS) is 1. The van der Waals surface area contributed by atoms with E-state index in [9.17, 15) is 9.18 Å². The number of carbonyl (C=O) groups is 1. The van der Waals surface area contributed by atoms with Crippen molar-refractivity contribution < 1.29 is 19.0 Å². The Balaban J connectivity index is 3.56. The summed E-state index contributed by atoms with van der Waals surface area (Å²) in [4.78, 5) is 10.8. The highest BCUT2D eigenvalue weighted by Gasteiger charge is 2.21. The summed E-state index contributed by atoms with van der Waals surface area (Å²) in [5.74, 6) is -2.38. The molecule has 0 saturated carbocycles. The van der Waals surface area contributed by atoms with Gasteiger partial charge in [-0.15, -0.1) is 0 Å². The van der Waals surface area contributed by atoms with E-state index in [4.69, 9.17) is 16.7 Å². The van der Waals surface area contributed by atoms with Crippen molar-refractivity contribution in [2.45, 2.75) is 6.92 Å². The normalized spacial score (nSPS) is 10.0. The van der Waals surface area contributed by atoms with Gasteiger partial charge in [0.05, 0.1) is 12.1 Å². The minimum atomic E-state index is -1.31. The number of aryl methyl sites for hydroxylation is 1. The number of carboxylic acids is 1. The number of benzene rings is 1. The quantitative estimate of drug-likeness (QED) is 0.830. The number of methoxy groups -OCH3 is 1. The van der Waals surface area contributed by atoms with E-state index in [0.29, 0.717) is 5.56 Å². The predicted molar refractivity (Wildman–Crippen MR) is 49.7 cm³/mol. The minimum Gasteiger partial charge on any atom is -0.493 e. The van der Waals surface area contributed by atoms with Crippen LogP contribution in [-0.2, 0) is 0 Å². The monoisotopic (exact) mass is 218 g/mol. The summed E-state index contributed by atoms with van der Waals surface area (Å²) in [5.41, 5.74) is 0.0223. The van der Waals surface area contributed by atoms with Gasteiger partial charge in [-0.3, -0.25) is 0 Å². The Labute approximate surface area is 85.1 Å². The van der Waals surface area contributed by atoms with Crippen LogP contribution in [0.2, 0.25) is 5.02 Å². The number of halogens is 2. The standard InChI is InChI=1S/C9H8ClFO3/c1-4-3-5(11)8(14-2)6(7(4)10)9(12)13/h3H,1-2H3,(H,12,13). The molecule has 0 fully saturated rings. The lowest BCUT2D eigenvalue weighted by molar-refractivity contribution is 0.0692. The van der Waals surface area contributed by atoms with Gasteiger partial charge >= 0.3 is 5.97 Å². The Kier molecular flexibility index (Phi) is 2.96. The Morgan fingerprint density at radius 2 is 2.21 bits per heavy atom. The highest BCUT2D eigenvalue weighted by atomic mass is 35.5. The number of rotatable bonds is 2. The van der Waals surface area contributed by atoms with Crippen LogP contribution < -0.4 is 4.74 Å². The number of aromatic carboxylic acids is 1. The van der Waals surface area contributed by atoms with E-state index in [2.05, 4.69) is 4.74 Å². The highest BCUT2D eigenvalue weighted by molar-refractivity contribution is 6.34. The van der Waals surface area contributed by atoms with Crippen LogP contribution in [0.3, 0.4) is 0 Å². The van der Waals surface area contributed by atoms with Crippen LogP contribution in [0, 0.1) is 12.7 Å². The molecule has 0 heterocycles. The van der Waals surface area contributed by atoms with E-state index in [0.717, 1.165) is 6.07 Å². The third-order valence-electron chi connectivity index (χ3n) is 1.77. The second-order valence-electron chi connectivity index (χ2n) is 2.70. The molecule has 5 heteroatoms. The average molecular weight is 219 g/mol. The maximum atomic E-state index is 13.2. The van der Waals surface area contributed by atoms with E-state index >= 15 is 0 Å². The number of hydrogen-bond donors (Lipinski definition) is 1. The Morgan fingerprint density at radius 1 is 1.64 bits per heavy atom. The molecule has 0 aliphatic carbocycles. The summed E-state index contributed by atoms with van der Waals surface area (Å²) in [6.07, 6.45) is 0. The van der Waals surface area contributed by atoms with Gasteiger partial charge in [0.25, 0.3) is 0 Å². The fraction of sp³-hybridized carbons (Fsp3) is 0.222. The molecule has 1 aromatic rings. The van der Waals surface area contributed by atoms with Crippen molar-refractivity contribution in [2.75, 3.05) is 7.11 Å². The zero-order valence-electron chi connectivity index (χ0n) is 7.60. The van der Waals surface area contributed by atoms with Crippen LogP contribution in [-0.4, -0.2) is 18.2 Å². The first-order chi connectivity index (χ1) is 6.49. The second-order valence-corrected chi connectivity index (χ2v) is 3.08. The Bertz CT molecular complexity index is 390. The van der Waals surface area contributed by atoms with E-state index in [1.807, 2.05) is 0 Å². The molecular formula is C9H8ClFO3. The van der Waals surface area contributed by atoms with Crippen molar-refractivity contribution in [3.63, 3.8) is 0 Å². The first kappa shape index (κ1) is 10.8. The van der Waals surface area contributed by atoms with Crippen LogP contribution in [0.5, 0.6) is 5.75 Å². The van der Waals surface area contributed by atoms with Gasteiger partial charge in [0.2, 0.25) is 0 Å². The summed E-state index contributed by atoms with van der Waals surface area (Å²) in [6, 6.07) is 1.13. The molecule has 0 unspecified atom stereocenters. The van der Waals surface area contributed by atoms with Gasteiger partial charge in [-0.2, -0.15) is 0 Å². The lowest BCUT2D eigenvalue weighted by Crippen LogP contribution is -2.05. The van der Waals surface area contributed by atoms with Crippen molar-refractivity contribution in [3.05, 3.63) is 28.0 Å². The largest absolute Gasteiger partial charge is 0.493 e. The summed E-state index contributed by atoms with van der Waals surface area (Å²) in [7, 11) is 1.19. The van der Waals surface area contributed by atoms with Crippen LogP contribution in [0.1, 0.15) is 15.9 Å². The van der Waals surface area contributed by atoms with Gasteiger partial charge in [-0.05, 0) is 18.6 Å². The molecule has 14 heavy (non-hydrogen) atoms. The molecular weight excluding hydrogens is 211 g/mol. The molecule has 0 amide bonds. The van der Waals surface area contributed by atoms with E-state index in [1.54, 1.807) is 0 Å². The van der Waals surface area contributed by atoms with Crippen LogP contribution >= 0.6 is 11.6 Å². The molecule has 0 aliphatic rings. The zero-order chi connectivity index (χ0) is 10.9. The second kappa shape index (κ2) is 3.84. The first-order valence-corrected chi connectivity index (χ1v) is 4.12. The first-order valence-electron chi connectivity index (χ1n) is 3.75. The Hall–Kier alpha value is -1.29. The summed E-state index contributed by atoms with van der Waals surface area (Å²) < 4.78 is 17.8. The van der Waals surface area contributed by atoms with Crippen LogP contribution in [0.25, 0.3) is 0 Å². The highest BCUT2D eigenvalue weighted by Crippen LogP contribution is 2.32. The number of ether oxygens (including phenoxy) is 1. The minimum absolute atomic E-state index is 0.00394. The fourth-order valence-corrected chi connectivity index (χ4v) is 1.35. The van der Waals surface area contributed by atoms with Crippen LogP contribution in [0.4, 0.5) is 4.39 Å². The molecule has 0 bridgehead atoms. The maximum absolute atomic E-state index is 13.2. The fourth-order valence-electron chi connectivity index (χ4n) is 1.13. The van der Waals surface area contributed by atoms with Gasteiger partial charge in [0.1, 0.15) is 5.56 Å². The molecule has 0 radical (unpaired) electrons. The average Bonchev–Trinajstić information content (AvgIpc) is 2.10. The van der Waals surface area contributed by atoms with Crippen LogP contribution in [0.15, 0.2) is 6.07 Å². The molecule has 1 N–H and O–H groups in total. The SMILES string of the molecule is COc1c(F)cc(C)c(Cl)c1C(=O)O. The summed E-state index contributed by atoms with van der Waals surface area (Å²) in [5, 5.41) is 8.79. The molecule has 0 aromatic heterocycles. The van der Waals surface area contributed by atoms with Gasteiger partial charge < -0.3 is 9.84 Å². The van der Waals surface area contributed by atoms with Gasteiger partial charge in [-0.1, -0.05) is 11.6 Å². The maximum Gasteiger partial charge on any atom is 0.341 e. The third kappa shape index (κ3) is 1.65. The molecule has 0 atom stereocenters. The van der Waals surface area contributed by atoms with E-state index in [-0.39, 0.29) is 16.3 Å². The number of hydrogen-bond acceptors (Lipinski definition) is 2. The van der Waals surface area contributed by atoms with Crippen molar-refractivity contribution in [1.29, 1.82) is 0 Å². The zero-order valence-corrected chi connectivity index (χ0v) is 8.35. The van der Waals surface area contributed by atoms with Gasteiger partial charge in [-0.25, -0.2) is 9.18 Å². The molecule has 0 aliphatic heterocycles. The Morgan fingerprint density at radius 3 is 2.64 bits per heavy atom. The topological polar surface area (TPSA) is 46.5 Å². The van der Waals surface area contributed by atoms with Crippen molar-refractivity contribution in [2.24, 2.45) is 0 Å². The lowest BCUT2D eigenvalue weighted by atomic mass is 10.1. The third-order valence-corrected chi connectivity index (χ3v) is 2.26. The van der Waals surface area contributed by atoms with Crippen molar-refractivity contribution in [3.8, 4) is 5.75 Å². The summed E-state index contributed by atoms with van der Waals surface area (Å²) in [6.45, 7) is 1.53. The molecule has 76 valence electrons. The molecule has 1 aromatic carbocycles. The molecule has 3 nitrogen and oxygen atoms in total. The van der Waals surface area contributed by atoms with Crippen molar-refractivity contribution >= 4 is 17.6 Å². The van der Waals surface area contributed by atoms with E-state index < -0.39 is 11.8 Å². The van der Waals surface area contributed by atoms with Crippen molar-refractivity contribution in [1.82, 2.24) is 0 Å². The smallest absolute Gasteiger partial charge is 0.341 e. The van der Waals surface area contributed by atoms with Gasteiger partial charge in [0.15, 0.2) is 11.6 Å². The molecule has 0 spiro atoms. The summed E-state index contributed by atoms with van der Waals surface area (Å²) >= 11 is 5.72. The predicted octanol–water partition coefficient (Wildman–Crippen LogP) is 2.49. The van der Waals surface area contributed by atoms with Gasteiger partial charge in [0, 0.05) is 0 Å². The lowest BCUT2D eigenvalue weighted by Gasteiger charge is -2.09.